The molecule has 3 aliphatic rings. The Kier molecular flexibility index (Phi) is 4.00. The summed E-state index contributed by atoms with van der Waals surface area (Å²) < 4.78 is 0. The number of nitrogens with one attached hydrogen (secondary N) is 1. The molecular formula is C16H26N4S. The zero-order chi connectivity index (χ0) is 14.2. The summed E-state index contributed by atoms with van der Waals surface area (Å²) in [6.07, 6.45) is 6.81. The zero-order valence-electron chi connectivity index (χ0n) is 12.9. The van der Waals surface area contributed by atoms with Gasteiger partial charge in [0.05, 0.1) is 5.69 Å². The lowest BCUT2D eigenvalue weighted by atomic mass is 10.1. The van der Waals surface area contributed by atoms with Crippen LogP contribution in [0, 0.1) is 0 Å². The topological polar surface area (TPSA) is 31.4 Å². The minimum absolute atomic E-state index is 0.770. The van der Waals surface area contributed by atoms with Gasteiger partial charge in [-0.25, -0.2) is 4.98 Å². The van der Waals surface area contributed by atoms with Gasteiger partial charge < -0.3 is 5.32 Å². The third-order valence-corrected chi connectivity index (χ3v) is 6.23. The van der Waals surface area contributed by atoms with Gasteiger partial charge in [0.1, 0.15) is 5.01 Å². The molecule has 2 bridgehead atoms. The average molecular weight is 306 g/mol. The predicted octanol–water partition coefficient (Wildman–Crippen LogP) is 2.06. The van der Waals surface area contributed by atoms with Crippen LogP contribution in [-0.4, -0.2) is 53.0 Å². The second-order valence-corrected chi connectivity index (χ2v) is 7.90. The standard InChI is InChI=1S/C16H26N4S/c1-19-14-4-5-15(19)10-20(7-6-14)9-13-11-21-16(18-13)8-17-12-2-3-12/h11-12,14-15,17H,2-10H2,1H3. The maximum Gasteiger partial charge on any atom is 0.107 e. The molecule has 2 atom stereocenters. The number of hydrogen-bond donors (Lipinski definition) is 1. The molecule has 3 fully saturated rings. The van der Waals surface area contributed by atoms with E-state index in [2.05, 4.69) is 27.5 Å². The predicted molar refractivity (Wildman–Crippen MR) is 86.4 cm³/mol. The van der Waals surface area contributed by atoms with Crippen LogP contribution in [0.1, 0.15) is 42.8 Å². The molecular weight excluding hydrogens is 280 g/mol. The van der Waals surface area contributed by atoms with E-state index >= 15 is 0 Å². The van der Waals surface area contributed by atoms with Gasteiger partial charge in [0, 0.05) is 49.7 Å². The van der Waals surface area contributed by atoms with Crippen molar-refractivity contribution in [2.24, 2.45) is 0 Å². The summed E-state index contributed by atoms with van der Waals surface area (Å²) in [4.78, 5) is 10.1. The summed E-state index contributed by atoms with van der Waals surface area (Å²) in [6.45, 7) is 4.46. The summed E-state index contributed by atoms with van der Waals surface area (Å²) in [6, 6.07) is 2.37. The van der Waals surface area contributed by atoms with Crippen LogP contribution >= 0.6 is 11.3 Å². The van der Waals surface area contributed by atoms with Crippen molar-refractivity contribution < 1.29 is 0 Å². The molecule has 0 radical (unpaired) electrons. The molecule has 2 saturated heterocycles. The van der Waals surface area contributed by atoms with Crippen molar-refractivity contribution >= 4 is 11.3 Å². The molecule has 0 spiro atoms. The highest BCUT2D eigenvalue weighted by Gasteiger charge is 2.34. The fourth-order valence-corrected chi connectivity index (χ4v) is 4.51. The van der Waals surface area contributed by atoms with Crippen molar-refractivity contribution in [1.29, 1.82) is 0 Å². The molecule has 3 heterocycles. The average Bonchev–Trinajstić information content (AvgIpc) is 3.12. The van der Waals surface area contributed by atoms with Gasteiger partial charge in [-0.1, -0.05) is 0 Å². The van der Waals surface area contributed by atoms with E-state index in [-0.39, 0.29) is 0 Å². The van der Waals surface area contributed by atoms with Gasteiger partial charge in [-0.05, 0) is 39.2 Å². The van der Waals surface area contributed by atoms with Crippen molar-refractivity contribution in [3.63, 3.8) is 0 Å². The second kappa shape index (κ2) is 5.95. The van der Waals surface area contributed by atoms with Crippen LogP contribution in [0.15, 0.2) is 5.38 Å². The molecule has 1 aromatic rings. The van der Waals surface area contributed by atoms with Crippen molar-refractivity contribution in [3.05, 3.63) is 16.1 Å². The highest BCUT2D eigenvalue weighted by Crippen LogP contribution is 2.29. The van der Waals surface area contributed by atoms with Gasteiger partial charge in [0.25, 0.3) is 0 Å². The quantitative estimate of drug-likeness (QED) is 0.902. The first kappa shape index (κ1) is 14.1. The molecule has 0 amide bonds. The summed E-state index contributed by atoms with van der Waals surface area (Å²) in [5.74, 6) is 0. The largest absolute Gasteiger partial charge is 0.308 e. The molecule has 1 N–H and O–H groups in total. The van der Waals surface area contributed by atoms with Gasteiger partial charge >= 0.3 is 0 Å². The first-order chi connectivity index (χ1) is 10.3. The number of hydrogen-bond acceptors (Lipinski definition) is 5. The maximum atomic E-state index is 4.82. The lowest BCUT2D eigenvalue weighted by Gasteiger charge is -2.25. The van der Waals surface area contributed by atoms with Gasteiger partial charge in [-0.15, -0.1) is 11.3 Å². The van der Waals surface area contributed by atoms with Crippen LogP contribution in [0.4, 0.5) is 0 Å². The Morgan fingerprint density at radius 1 is 1.24 bits per heavy atom. The fraction of sp³-hybridized carbons (Fsp3) is 0.812. The third kappa shape index (κ3) is 3.31. The lowest BCUT2D eigenvalue weighted by molar-refractivity contribution is 0.213. The molecule has 0 aromatic carbocycles. The summed E-state index contributed by atoms with van der Waals surface area (Å²) in [7, 11) is 2.32. The van der Waals surface area contributed by atoms with E-state index in [1.807, 2.05) is 11.3 Å². The number of aromatic nitrogens is 1. The number of thiazole rings is 1. The van der Waals surface area contributed by atoms with Crippen LogP contribution in [0.25, 0.3) is 0 Å². The third-order valence-electron chi connectivity index (χ3n) is 5.34. The van der Waals surface area contributed by atoms with Gasteiger partial charge in [-0.2, -0.15) is 0 Å². The number of rotatable bonds is 5. The van der Waals surface area contributed by atoms with Crippen molar-refractivity contribution in [2.45, 2.75) is 63.3 Å². The van der Waals surface area contributed by atoms with E-state index in [0.29, 0.717) is 0 Å². The number of nitrogens with zero attached hydrogens (tertiary/aromatic N) is 3. The van der Waals surface area contributed by atoms with Gasteiger partial charge in [-0.3, -0.25) is 9.80 Å². The minimum atomic E-state index is 0.770. The van der Waals surface area contributed by atoms with Crippen molar-refractivity contribution in [3.8, 4) is 0 Å². The van der Waals surface area contributed by atoms with Crippen LogP contribution in [0.5, 0.6) is 0 Å². The SMILES string of the molecule is CN1C2CCC1CN(Cc1csc(CNC3CC3)n1)CC2. The first-order valence-electron chi connectivity index (χ1n) is 8.39. The Bertz CT molecular complexity index is 484. The molecule has 1 aromatic heterocycles. The fourth-order valence-electron chi connectivity index (χ4n) is 3.77. The van der Waals surface area contributed by atoms with Crippen LogP contribution in [-0.2, 0) is 13.1 Å². The number of fused-ring (bicyclic) bond motifs is 2. The van der Waals surface area contributed by atoms with Gasteiger partial charge in [0.2, 0.25) is 0 Å². The van der Waals surface area contributed by atoms with E-state index in [9.17, 15) is 0 Å². The smallest absolute Gasteiger partial charge is 0.107 e. The molecule has 21 heavy (non-hydrogen) atoms. The highest BCUT2D eigenvalue weighted by molar-refractivity contribution is 7.09. The Hall–Kier alpha value is -0.490. The molecule has 2 unspecified atom stereocenters. The van der Waals surface area contributed by atoms with Crippen molar-refractivity contribution in [1.82, 2.24) is 20.1 Å². The van der Waals surface area contributed by atoms with Crippen molar-refractivity contribution in [2.75, 3.05) is 20.1 Å². The van der Waals surface area contributed by atoms with Crippen LogP contribution < -0.4 is 5.32 Å². The normalized spacial score (nSPS) is 30.7. The molecule has 1 saturated carbocycles. The van der Waals surface area contributed by atoms with E-state index in [1.54, 1.807) is 0 Å². The van der Waals surface area contributed by atoms with Gasteiger partial charge in [0.15, 0.2) is 0 Å². The Balaban J connectivity index is 1.32. The minimum Gasteiger partial charge on any atom is -0.308 e. The molecule has 2 aliphatic heterocycles. The molecule has 1 aliphatic carbocycles. The summed E-state index contributed by atoms with van der Waals surface area (Å²) >= 11 is 1.82. The first-order valence-corrected chi connectivity index (χ1v) is 9.27. The molecule has 5 heteroatoms. The van der Waals surface area contributed by atoms with E-state index in [4.69, 9.17) is 4.98 Å². The number of likely N-dealkylation sites (N-methyl/N-ethyl adjacent to an activating group) is 1. The Morgan fingerprint density at radius 2 is 2.10 bits per heavy atom. The molecule has 4 nitrogen and oxygen atoms in total. The Labute approximate surface area is 131 Å². The monoisotopic (exact) mass is 306 g/mol. The Morgan fingerprint density at radius 3 is 2.95 bits per heavy atom. The highest BCUT2D eigenvalue weighted by atomic mass is 32.1. The molecule has 116 valence electrons. The number of likely N-dealkylation sites (tertiary alicyclic amines) is 1. The maximum absolute atomic E-state index is 4.82. The van der Waals surface area contributed by atoms with E-state index in [0.717, 1.165) is 31.2 Å². The molecule has 4 rings (SSSR count). The lowest BCUT2D eigenvalue weighted by Crippen LogP contribution is -2.36. The summed E-state index contributed by atoms with van der Waals surface area (Å²) in [5, 5.41) is 7.07. The van der Waals surface area contributed by atoms with E-state index in [1.165, 1.54) is 55.9 Å². The summed E-state index contributed by atoms with van der Waals surface area (Å²) in [5.41, 5.74) is 1.27. The second-order valence-electron chi connectivity index (χ2n) is 6.96. The van der Waals surface area contributed by atoms with Crippen LogP contribution in [0.3, 0.4) is 0 Å². The van der Waals surface area contributed by atoms with E-state index < -0.39 is 0 Å². The zero-order valence-corrected chi connectivity index (χ0v) is 13.7. The van der Waals surface area contributed by atoms with Crippen LogP contribution in [0.2, 0.25) is 0 Å².